The van der Waals surface area contributed by atoms with Crippen LogP contribution in [0.25, 0.3) is 0 Å². The second kappa shape index (κ2) is 10.9. The Morgan fingerprint density at radius 3 is 2.35 bits per heavy atom. The molecule has 2 N–H and O–H groups in total. The Balaban J connectivity index is 1.62. The number of halogens is 1. The van der Waals surface area contributed by atoms with Crippen LogP contribution in [0.4, 0.5) is 11.4 Å². The van der Waals surface area contributed by atoms with Gasteiger partial charge in [0.05, 0.1) is 0 Å². The summed E-state index contributed by atoms with van der Waals surface area (Å²) in [5.41, 5.74) is 0.404. The highest BCUT2D eigenvalue weighted by molar-refractivity contribution is 7.86. The van der Waals surface area contributed by atoms with Gasteiger partial charge in [0.25, 0.3) is 0 Å². The molecule has 0 aliphatic carbocycles. The van der Waals surface area contributed by atoms with E-state index >= 15 is 0 Å². The van der Waals surface area contributed by atoms with E-state index in [9.17, 15) is 18.6 Å². The van der Waals surface area contributed by atoms with Crippen LogP contribution in [-0.4, -0.2) is 52.3 Å². The van der Waals surface area contributed by atoms with Crippen LogP contribution < -0.4 is 25.0 Å². The predicted octanol–water partition coefficient (Wildman–Crippen LogP) is 2.70. The van der Waals surface area contributed by atoms with Crippen molar-refractivity contribution in [2.45, 2.75) is 26.3 Å². The molecular formula is C23H26ClN3O6S. The molecule has 3 rings (SSSR count). The number of hydrogen-bond acceptors (Lipinski definition) is 6. The van der Waals surface area contributed by atoms with Crippen molar-refractivity contribution in [2.24, 2.45) is 0 Å². The van der Waals surface area contributed by atoms with Gasteiger partial charge >= 0.3 is 0 Å². The molecule has 2 aromatic rings. The molecule has 0 bridgehead atoms. The van der Waals surface area contributed by atoms with Crippen LogP contribution in [0.2, 0.25) is 5.02 Å². The monoisotopic (exact) mass is 507 g/mol. The number of carbonyl (C=O) groups excluding carboxylic acids is 3. The number of hydrogen-bond donors (Lipinski definition) is 2. The normalized spacial score (nSPS) is 13.2. The Labute approximate surface area is 205 Å². The zero-order valence-electron chi connectivity index (χ0n) is 19.1. The van der Waals surface area contributed by atoms with Gasteiger partial charge in [-0.15, -0.1) is 0 Å². The minimum atomic E-state index is -1.80. The van der Waals surface area contributed by atoms with Crippen molar-refractivity contribution in [1.82, 2.24) is 5.32 Å². The molecule has 0 radical (unpaired) electrons. The number of amides is 3. The Bertz CT molecular complexity index is 1100. The van der Waals surface area contributed by atoms with Crippen molar-refractivity contribution in [1.29, 1.82) is 0 Å². The zero-order valence-corrected chi connectivity index (χ0v) is 20.6. The van der Waals surface area contributed by atoms with Gasteiger partial charge in [0.2, 0.25) is 24.5 Å². The lowest BCUT2D eigenvalue weighted by atomic mass is 10.1. The van der Waals surface area contributed by atoms with Crippen LogP contribution in [-0.2, 0) is 25.2 Å². The average Bonchev–Trinajstić information content (AvgIpc) is 3.19. The summed E-state index contributed by atoms with van der Waals surface area (Å²) >= 11 is 5.94. The van der Waals surface area contributed by atoms with Crippen molar-refractivity contribution in [3.05, 3.63) is 47.5 Å². The summed E-state index contributed by atoms with van der Waals surface area (Å²) in [5.74, 6) is -1.19. The Kier molecular flexibility index (Phi) is 8.16. The van der Waals surface area contributed by atoms with E-state index in [-0.39, 0.29) is 25.0 Å². The lowest BCUT2D eigenvalue weighted by Gasteiger charge is -2.26. The van der Waals surface area contributed by atoms with Crippen LogP contribution in [0.5, 0.6) is 11.5 Å². The minimum absolute atomic E-state index is 0.108. The molecular weight excluding hydrogens is 482 g/mol. The molecule has 0 saturated carbocycles. The van der Waals surface area contributed by atoms with Crippen LogP contribution in [0.1, 0.15) is 20.8 Å². The standard InChI is InChI=1S/C23H26ClN3O6S/c1-23(2,3)26-20(28)11-27(17-7-4-15(24)5-8-17)22(30)13-34(31)12-21(29)25-16-6-9-18-19(10-16)33-14-32-18/h4-10H,11-14H2,1-3H3,(H,25,29)(H,26,28)/t34-/m1/s1. The van der Waals surface area contributed by atoms with Gasteiger partial charge in [0, 0.05) is 38.8 Å². The highest BCUT2D eigenvalue weighted by Gasteiger charge is 2.24. The second-order valence-corrected chi connectivity index (χ2v) is 10.5. The summed E-state index contributed by atoms with van der Waals surface area (Å²) in [7, 11) is -1.80. The van der Waals surface area contributed by atoms with Gasteiger partial charge in [0.15, 0.2) is 11.5 Å². The summed E-state index contributed by atoms with van der Waals surface area (Å²) in [4.78, 5) is 39.0. The smallest absolute Gasteiger partial charge is 0.240 e. The fourth-order valence-corrected chi connectivity index (χ4v) is 4.15. The first kappa shape index (κ1) is 25.5. The summed E-state index contributed by atoms with van der Waals surface area (Å²) < 4.78 is 23.1. The van der Waals surface area contributed by atoms with Gasteiger partial charge in [-0.3, -0.25) is 18.6 Å². The third-order valence-corrected chi connectivity index (χ3v) is 5.89. The fourth-order valence-electron chi connectivity index (χ4n) is 3.13. The average molecular weight is 508 g/mol. The quantitative estimate of drug-likeness (QED) is 0.568. The van der Waals surface area contributed by atoms with Crippen molar-refractivity contribution < 1.29 is 28.1 Å². The first-order chi connectivity index (χ1) is 16.0. The Morgan fingerprint density at radius 2 is 1.68 bits per heavy atom. The number of rotatable bonds is 8. The first-order valence-electron chi connectivity index (χ1n) is 10.4. The predicted molar refractivity (Wildman–Crippen MR) is 131 cm³/mol. The molecule has 0 spiro atoms. The molecule has 0 unspecified atom stereocenters. The van der Waals surface area contributed by atoms with Gasteiger partial charge in [-0.1, -0.05) is 11.6 Å². The van der Waals surface area contributed by atoms with Gasteiger partial charge in [-0.2, -0.15) is 0 Å². The van der Waals surface area contributed by atoms with Crippen molar-refractivity contribution >= 4 is 51.5 Å². The SMILES string of the molecule is CC(C)(C)NC(=O)CN(C(=O)C[S@](=O)CC(=O)Nc1ccc2c(c1)OCO2)c1ccc(Cl)cc1. The molecule has 9 nitrogen and oxygen atoms in total. The first-order valence-corrected chi connectivity index (χ1v) is 12.3. The summed E-state index contributed by atoms with van der Waals surface area (Å²) in [6.07, 6.45) is 0. The lowest BCUT2D eigenvalue weighted by Crippen LogP contribution is -2.48. The van der Waals surface area contributed by atoms with E-state index in [1.807, 2.05) is 20.8 Å². The van der Waals surface area contributed by atoms with Crippen LogP contribution >= 0.6 is 11.6 Å². The largest absolute Gasteiger partial charge is 0.454 e. The maximum atomic E-state index is 13.0. The van der Waals surface area contributed by atoms with E-state index in [0.29, 0.717) is 27.9 Å². The highest BCUT2D eigenvalue weighted by atomic mass is 35.5. The second-order valence-electron chi connectivity index (χ2n) is 8.60. The van der Waals surface area contributed by atoms with E-state index in [4.69, 9.17) is 21.1 Å². The number of ether oxygens (including phenoxy) is 2. The zero-order chi connectivity index (χ0) is 24.9. The van der Waals surface area contributed by atoms with Crippen LogP contribution in [0, 0.1) is 0 Å². The maximum Gasteiger partial charge on any atom is 0.240 e. The molecule has 1 aliphatic rings. The van der Waals surface area contributed by atoms with Gasteiger partial charge in [-0.25, -0.2) is 0 Å². The molecule has 1 heterocycles. The van der Waals surface area contributed by atoms with Gasteiger partial charge in [0.1, 0.15) is 18.1 Å². The van der Waals surface area contributed by atoms with E-state index in [1.165, 1.54) is 4.90 Å². The molecule has 1 atom stereocenters. The van der Waals surface area contributed by atoms with Crippen molar-refractivity contribution in [2.75, 3.05) is 35.1 Å². The third kappa shape index (κ3) is 7.46. The summed E-state index contributed by atoms with van der Waals surface area (Å²) in [6, 6.07) is 11.3. The summed E-state index contributed by atoms with van der Waals surface area (Å²) in [5, 5.41) is 5.90. The topological polar surface area (TPSA) is 114 Å². The number of nitrogens with one attached hydrogen (secondary N) is 2. The number of benzene rings is 2. The van der Waals surface area contributed by atoms with Crippen LogP contribution in [0.15, 0.2) is 42.5 Å². The third-order valence-electron chi connectivity index (χ3n) is 4.49. The maximum absolute atomic E-state index is 13.0. The summed E-state index contributed by atoms with van der Waals surface area (Å²) in [6.45, 7) is 5.32. The molecule has 1 aliphatic heterocycles. The Morgan fingerprint density at radius 1 is 1.00 bits per heavy atom. The molecule has 182 valence electrons. The lowest BCUT2D eigenvalue weighted by molar-refractivity contribution is -0.124. The number of carbonyl (C=O) groups is 3. The molecule has 11 heteroatoms. The molecule has 0 saturated heterocycles. The van der Waals surface area contributed by atoms with E-state index < -0.39 is 33.9 Å². The number of anilines is 2. The van der Waals surface area contributed by atoms with Gasteiger partial charge < -0.3 is 25.0 Å². The number of nitrogens with zero attached hydrogens (tertiary/aromatic N) is 1. The van der Waals surface area contributed by atoms with E-state index in [0.717, 1.165) is 0 Å². The van der Waals surface area contributed by atoms with Crippen molar-refractivity contribution in [3.63, 3.8) is 0 Å². The molecule has 2 aromatic carbocycles. The Hall–Kier alpha value is -3.11. The molecule has 0 aromatic heterocycles. The van der Waals surface area contributed by atoms with E-state index in [1.54, 1.807) is 42.5 Å². The molecule has 3 amide bonds. The van der Waals surface area contributed by atoms with E-state index in [2.05, 4.69) is 10.6 Å². The number of fused-ring (bicyclic) bond motifs is 1. The van der Waals surface area contributed by atoms with Gasteiger partial charge in [-0.05, 0) is 57.2 Å². The van der Waals surface area contributed by atoms with Crippen LogP contribution in [0.3, 0.4) is 0 Å². The minimum Gasteiger partial charge on any atom is -0.454 e. The highest BCUT2D eigenvalue weighted by Crippen LogP contribution is 2.34. The molecule has 0 fully saturated rings. The fraction of sp³-hybridized carbons (Fsp3) is 0.348. The molecule has 34 heavy (non-hydrogen) atoms. The van der Waals surface area contributed by atoms with Crippen molar-refractivity contribution in [3.8, 4) is 11.5 Å².